The van der Waals surface area contributed by atoms with Crippen molar-refractivity contribution in [3.8, 4) is 5.75 Å². The van der Waals surface area contributed by atoms with E-state index in [9.17, 15) is 9.90 Å². The predicted octanol–water partition coefficient (Wildman–Crippen LogP) is 2.17. The summed E-state index contributed by atoms with van der Waals surface area (Å²) >= 11 is 0. The highest BCUT2D eigenvalue weighted by Gasteiger charge is 2.42. The Labute approximate surface area is 147 Å². The number of amides is 1. The first-order valence-electron chi connectivity index (χ1n) is 8.59. The zero-order valence-electron chi connectivity index (χ0n) is 15.0. The number of likely N-dealkylation sites (tertiary alicyclic amines) is 1. The minimum atomic E-state index is -1.11. The second-order valence-electron chi connectivity index (χ2n) is 6.84. The van der Waals surface area contributed by atoms with Gasteiger partial charge in [0.05, 0.1) is 25.3 Å². The van der Waals surface area contributed by atoms with Gasteiger partial charge in [-0.1, -0.05) is 12.1 Å². The SMILES string of the molecule is COc1ccc([C@](C)(O)[C@@H]2CCCN2C(=O)Cc2cc(C)[nH]n2)cc1. The quantitative estimate of drug-likeness (QED) is 0.872. The summed E-state index contributed by atoms with van der Waals surface area (Å²) in [6, 6.07) is 9.01. The Hall–Kier alpha value is -2.34. The summed E-state index contributed by atoms with van der Waals surface area (Å²) in [5.74, 6) is 0.746. The predicted molar refractivity (Wildman–Crippen MR) is 94.3 cm³/mol. The van der Waals surface area contributed by atoms with E-state index in [0.29, 0.717) is 6.54 Å². The van der Waals surface area contributed by atoms with Crippen molar-refractivity contribution in [1.82, 2.24) is 15.1 Å². The molecule has 1 aliphatic rings. The number of benzene rings is 1. The number of hydrogen-bond donors (Lipinski definition) is 2. The van der Waals surface area contributed by atoms with E-state index < -0.39 is 5.60 Å². The molecule has 2 heterocycles. The lowest BCUT2D eigenvalue weighted by molar-refractivity contribution is -0.137. The molecule has 1 fully saturated rings. The molecule has 2 atom stereocenters. The number of methoxy groups -OCH3 is 1. The van der Waals surface area contributed by atoms with E-state index in [2.05, 4.69) is 10.2 Å². The number of nitrogens with one attached hydrogen (secondary N) is 1. The maximum absolute atomic E-state index is 12.8. The molecule has 3 rings (SSSR count). The molecule has 0 saturated carbocycles. The van der Waals surface area contributed by atoms with Gasteiger partial charge >= 0.3 is 0 Å². The molecule has 6 nitrogen and oxygen atoms in total. The smallest absolute Gasteiger partial charge is 0.229 e. The van der Waals surface area contributed by atoms with Crippen molar-refractivity contribution < 1.29 is 14.6 Å². The molecule has 1 aromatic heterocycles. The maximum Gasteiger partial charge on any atom is 0.229 e. The molecule has 1 amide bonds. The van der Waals surface area contributed by atoms with Crippen molar-refractivity contribution >= 4 is 5.91 Å². The van der Waals surface area contributed by atoms with E-state index in [4.69, 9.17) is 4.74 Å². The highest BCUT2D eigenvalue weighted by molar-refractivity contribution is 5.79. The van der Waals surface area contributed by atoms with Crippen LogP contribution in [0.3, 0.4) is 0 Å². The van der Waals surface area contributed by atoms with Gasteiger partial charge in [-0.25, -0.2) is 0 Å². The molecule has 0 spiro atoms. The van der Waals surface area contributed by atoms with Crippen LogP contribution in [0.5, 0.6) is 5.75 Å². The van der Waals surface area contributed by atoms with Gasteiger partial charge in [0.25, 0.3) is 0 Å². The highest BCUT2D eigenvalue weighted by atomic mass is 16.5. The lowest BCUT2D eigenvalue weighted by atomic mass is 9.86. The van der Waals surface area contributed by atoms with E-state index in [-0.39, 0.29) is 18.4 Å². The molecule has 1 saturated heterocycles. The van der Waals surface area contributed by atoms with Crippen LogP contribution in [0.4, 0.5) is 0 Å². The van der Waals surface area contributed by atoms with Crippen molar-refractivity contribution in [3.63, 3.8) is 0 Å². The van der Waals surface area contributed by atoms with E-state index in [0.717, 1.165) is 35.5 Å². The largest absolute Gasteiger partial charge is 0.497 e. The Morgan fingerprint density at radius 1 is 1.44 bits per heavy atom. The molecule has 0 unspecified atom stereocenters. The van der Waals surface area contributed by atoms with Crippen molar-refractivity contribution in [2.45, 2.75) is 44.8 Å². The van der Waals surface area contributed by atoms with Crippen LogP contribution >= 0.6 is 0 Å². The number of carbonyl (C=O) groups excluding carboxylic acids is 1. The lowest BCUT2D eigenvalue weighted by Crippen LogP contribution is -2.48. The fourth-order valence-corrected chi connectivity index (χ4v) is 3.59. The zero-order chi connectivity index (χ0) is 18.0. The van der Waals surface area contributed by atoms with Gasteiger partial charge in [-0.15, -0.1) is 0 Å². The molecule has 6 heteroatoms. The Morgan fingerprint density at radius 3 is 2.76 bits per heavy atom. The lowest BCUT2D eigenvalue weighted by Gasteiger charge is -2.37. The topological polar surface area (TPSA) is 78.5 Å². The van der Waals surface area contributed by atoms with Crippen molar-refractivity contribution in [1.29, 1.82) is 0 Å². The summed E-state index contributed by atoms with van der Waals surface area (Å²) in [5.41, 5.74) is 1.34. The number of carbonyl (C=O) groups is 1. The van der Waals surface area contributed by atoms with Gasteiger partial charge in [0, 0.05) is 12.2 Å². The summed E-state index contributed by atoms with van der Waals surface area (Å²) in [6.07, 6.45) is 1.92. The van der Waals surface area contributed by atoms with Crippen LogP contribution in [0.1, 0.15) is 36.7 Å². The summed E-state index contributed by atoms with van der Waals surface area (Å²) in [6.45, 7) is 4.36. The van der Waals surface area contributed by atoms with Crippen LogP contribution in [-0.2, 0) is 16.8 Å². The molecular formula is C19H25N3O3. The van der Waals surface area contributed by atoms with E-state index in [1.165, 1.54) is 0 Å². The van der Waals surface area contributed by atoms with Gasteiger partial charge in [-0.05, 0) is 50.5 Å². The molecule has 2 aromatic rings. The molecule has 0 aliphatic carbocycles. The summed E-state index contributed by atoms with van der Waals surface area (Å²) in [4.78, 5) is 14.6. The van der Waals surface area contributed by atoms with Crippen molar-refractivity contribution in [2.24, 2.45) is 0 Å². The van der Waals surface area contributed by atoms with Gasteiger partial charge in [-0.2, -0.15) is 5.10 Å². The molecule has 25 heavy (non-hydrogen) atoms. The van der Waals surface area contributed by atoms with Crippen LogP contribution in [0.2, 0.25) is 0 Å². The number of H-pyrrole nitrogens is 1. The first kappa shape index (κ1) is 17.5. The Kier molecular flexibility index (Phi) is 4.81. The first-order valence-corrected chi connectivity index (χ1v) is 8.59. The number of aliphatic hydroxyl groups is 1. The molecule has 134 valence electrons. The average molecular weight is 343 g/mol. The monoisotopic (exact) mass is 343 g/mol. The number of hydrogen-bond acceptors (Lipinski definition) is 4. The Morgan fingerprint density at radius 2 is 2.16 bits per heavy atom. The third-order valence-corrected chi connectivity index (χ3v) is 4.99. The molecular weight excluding hydrogens is 318 g/mol. The van der Waals surface area contributed by atoms with Gasteiger partial charge in [0.2, 0.25) is 5.91 Å². The normalized spacial score (nSPS) is 19.7. The van der Waals surface area contributed by atoms with Crippen molar-refractivity contribution in [3.05, 3.63) is 47.3 Å². The fraction of sp³-hybridized carbons (Fsp3) is 0.474. The second kappa shape index (κ2) is 6.88. The number of rotatable bonds is 5. The summed E-state index contributed by atoms with van der Waals surface area (Å²) in [7, 11) is 1.61. The minimum absolute atomic E-state index is 0.00258. The average Bonchev–Trinajstić information content (AvgIpc) is 3.24. The standard InChI is InChI=1S/C19H25N3O3/c1-13-11-15(21-20-13)12-18(23)22-10-4-5-17(22)19(2,24)14-6-8-16(25-3)9-7-14/h6-9,11,17,24H,4-5,10,12H2,1-3H3,(H,20,21)/t17-,19-/m0/s1. The third-order valence-electron chi connectivity index (χ3n) is 4.99. The molecule has 0 radical (unpaired) electrons. The van der Waals surface area contributed by atoms with Crippen LogP contribution < -0.4 is 4.74 Å². The first-order chi connectivity index (χ1) is 11.9. The molecule has 1 aliphatic heterocycles. The van der Waals surface area contributed by atoms with Crippen LogP contribution in [0.15, 0.2) is 30.3 Å². The number of aryl methyl sites for hydroxylation is 1. The van der Waals surface area contributed by atoms with Crippen molar-refractivity contribution in [2.75, 3.05) is 13.7 Å². The van der Waals surface area contributed by atoms with Gasteiger partial charge in [0.15, 0.2) is 0 Å². The van der Waals surface area contributed by atoms with Crippen LogP contribution in [0.25, 0.3) is 0 Å². The maximum atomic E-state index is 12.8. The van der Waals surface area contributed by atoms with E-state index >= 15 is 0 Å². The van der Waals surface area contributed by atoms with Crippen LogP contribution in [-0.4, -0.2) is 45.8 Å². The number of ether oxygens (including phenoxy) is 1. The zero-order valence-corrected chi connectivity index (χ0v) is 15.0. The second-order valence-corrected chi connectivity index (χ2v) is 6.84. The van der Waals surface area contributed by atoms with Gasteiger partial charge in [0.1, 0.15) is 11.4 Å². The highest BCUT2D eigenvalue weighted by Crippen LogP contribution is 2.35. The minimum Gasteiger partial charge on any atom is -0.497 e. The number of aromatic nitrogens is 2. The number of nitrogens with zero attached hydrogens (tertiary/aromatic N) is 2. The van der Waals surface area contributed by atoms with E-state index in [1.54, 1.807) is 18.9 Å². The fourth-order valence-electron chi connectivity index (χ4n) is 3.59. The Balaban J connectivity index is 1.77. The van der Waals surface area contributed by atoms with Gasteiger partial charge < -0.3 is 14.7 Å². The molecule has 2 N–H and O–H groups in total. The van der Waals surface area contributed by atoms with E-state index in [1.807, 2.05) is 37.3 Å². The van der Waals surface area contributed by atoms with Crippen LogP contribution in [0, 0.1) is 6.92 Å². The Bertz CT molecular complexity index is 737. The summed E-state index contributed by atoms with van der Waals surface area (Å²) < 4.78 is 5.18. The number of aromatic amines is 1. The molecule has 0 bridgehead atoms. The van der Waals surface area contributed by atoms with Gasteiger partial charge in [-0.3, -0.25) is 9.89 Å². The molecule has 1 aromatic carbocycles. The third kappa shape index (κ3) is 3.54. The summed E-state index contributed by atoms with van der Waals surface area (Å²) in [5, 5.41) is 18.2.